The van der Waals surface area contributed by atoms with Crippen molar-refractivity contribution >= 4 is 28.5 Å². The van der Waals surface area contributed by atoms with E-state index in [1.165, 1.54) is 28.2 Å². The van der Waals surface area contributed by atoms with Gasteiger partial charge in [0.25, 0.3) is 0 Å². The minimum atomic E-state index is -0.407. The lowest BCUT2D eigenvalue weighted by Gasteiger charge is -2.17. The van der Waals surface area contributed by atoms with Gasteiger partial charge < -0.3 is 9.64 Å². The number of hydrogen-bond donors (Lipinski definition) is 0. The van der Waals surface area contributed by atoms with Crippen molar-refractivity contribution in [1.82, 2.24) is 14.9 Å². The zero-order valence-corrected chi connectivity index (χ0v) is 14.7. The molecule has 0 aromatic carbocycles. The van der Waals surface area contributed by atoms with Crippen molar-refractivity contribution in [1.29, 1.82) is 0 Å². The molecule has 0 N–H and O–H groups in total. The third-order valence-corrected chi connectivity index (χ3v) is 4.37. The Morgan fingerprint density at radius 1 is 1.25 bits per heavy atom. The van der Waals surface area contributed by atoms with Gasteiger partial charge in [0.15, 0.2) is 5.13 Å². The summed E-state index contributed by atoms with van der Waals surface area (Å²) in [6.45, 7) is 0.462. The smallest absolute Gasteiger partial charge is 0.409 e. The maximum Gasteiger partial charge on any atom is 0.409 e. The zero-order valence-electron chi connectivity index (χ0n) is 13.9. The molecule has 2 aromatic rings. The highest BCUT2D eigenvalue weighted by Gasteiger charge is 2.16. The molecule has 0 unspecified atom stereocenters. The molecule has 0 atom stereocenters. The molecule has 0 aliphatic heterocycles. The summed E-state index contributed by atoms with van der Waals surface area (Å²) in [7, 11) is 4.67. The van der Waals surface area contributed by atoms with Gasteiger partial charge in [-0.15, -0.1) is 11.3 Å². The van der Waals surface area contributed by atoms with Crippen molar-refractivity contribution in [2.24, 2.45) is 0 Å². The summed E-state index contributed by atoms with van der Waals surface area (Å²) in [6.07, 6.45) is 2.20. The summed E-state index contributed by atoms with van der Waals surface area (Å²) in [4.78, 5) is 35.2. The number of nitrogens with zero attached hydrogens (tertiary/aromatic N) is 4. The van der Waals surface area contributed by atoms with Crippen LogP contribution in [0, 0.1) is 0 Å². The number of methoxy groups -OCH3 is 1. The Kier molecular flexibility index (Phi) is 6.25. The van der Waals surface area contributed by atoms with Gasteiger partial charge in [-0.25, -0.2) is 9.78 Å². The van der Waals surface area contributed by atoms with Crippen molar-refractivity contribution in [3.8, 4) is 11.4 Å². The van der Waals surface area contributed by atoms with Gasteiger partial charge in [-0.1, -0.05) is 6.07 Å². The molecule has 8 heteroatoms. The third kappa shape index (κ3) is 4.51. The molecule has 0 fully saturated rings. The first kappa shape index (κ1) is 17.9. The van der Waals surface area contributed by atoms with Gasteiger partial charge >= 0.3 is 6.09 Å². The van der Waals surface area contributed by atoms with Crippen LogP contribution < -0.4 is 4.90 Å². The van der Waals surface area contributed by atoms with Gasteiger partial charge in [0, 0.05) is 38.6 Å². The molecule has 0 radical (unpaired) electrons. The largest absolute Gasteiger partial charge is 0.453 e. The van der Waals surface area contributed by atoms with E-state index in [4.69, 9.17) is 0 Å². The number of carbonyl (C=O) groups excluding carboxylic acids is 2. The van der Waals surface area contributed by atoms with E-state index in [0.717, 1.165) is 11.4 Å². The minimum absolute atomic E-state index is 0.0461. The number of hydrogen-bond acceptors (Lipinski definition) is 6. The first-order valence-electron chi connectivity index (χ1n) is 7.45. The van der Waals surface area contributed by atoms with Gasteiger partial charge in [0.1, 0.15) is 5.69 Å². The Bertz CT molecular complexity index is 690. The molecule has 2 aromatic heterocycles. The van der Waals surface area contributed by atoms with Crippen LogP contribution in [0.25, 0.3) is 11.4 Å². The average molecular weight is 348 g/mol. The molecule has 0 aliphatic carbocycles. The van der Waals surface area contributed by atoms with Crippen LogP contribution in [-0.4, -0.2) is 54.6 Å². The molecule has 0 spiro atoms. The molecule has 7 nitrogen and oxygen atoms in total. The Hall–Kier alpha value is -2.48. The molecule has 0 saturated heterocycles. The summed E-state index contributed by atoms with van der Waals surface area (Å²) in [5, 5.41) is 2.51. The highest BCUT2D eigenvalue weighted by atomic mass is 32.1. The summed E-state index contributed by atoms with van der Waals surface area (Å²) in [5.74, 6) is -0.0461. The number of anilines is 1. The standard InChI is InChI=1S/C16H20N4O3S/c1-19(16(22)23-3)10-6-8-14(21)20(2)15-18-13(11-24-15)12-7-4-5-9-17-12/h4-5,7,9,11H,6,8,10H2,1-3H3. The van der Waals surface area contributed by atoms with Crippen LogP contribution in [-0.2, 0) is 9.53 Å². The van der Waals surface area contributed by atoms with Crippen LogP contribution in [0.2, 0.25) is 0 Å². The van der Waals surface area contributed by atoms with Crippen molar-refractivity contribution < 1.29 is 14.3 Å². The topological polar surface area (TPSA) is 75.6 Å². The van der Waals surface area contributed by atoms with E-state index in [1.54, 1.807) is 20.3 Å². The number of rotatable bonds is 6. The summed E-state index contributed by atoms with van der Waals surface area (Å²) in [5.41, 5.74) is 1.53. The molecule has 0 aliphatic rings. The Labute approximate surface area is 144 Å². The number of thiazole rings is 1. The predicted molar refractivity (Wildman–Crippen MR) is 93.0 cm³/mol. The van der Waals surface area contributed by atoms with Crippen LogP contribution in [0.5, 0.6) is 0 Å². The minimum Gasteiger partial charge on any atom is -0.453 e. The molecular formula is C16H20N4O3S. The van der Waals surface area contributed by atoms with E-state index in [0.29, 0.717) is 24.5 Å². The molecular weight excluding hydrogens is 328 g/mol. The van der Waals surface area contributed by atoms with Crippen LogP contribution in [0.1, 0.15) is 12.8 Å². The number of ether oxygens (including phenoxy) is 1. The summed E-state index contributed by atoms with van der Waals surface area (Å²) in [6, 6.07) is 5.62. The van der Waals surface area contributed by atoms with E-state index in [-0.39, 0.29) is 5.91 Å². The van der Waals surface area contributed by atoms with Crippen molar-refractivity contribution in [3.63, 3.8) is 0 Å². The van der Waals surface area contributed by atoms with Gasteiger partial charge in [0.2, 0.25) is 5.91 Å². The van der Waals surface area contributed by atoms with Gasteiger partial charge in [-0.3, -0.25) is 14.7 Å². The first-order valence-corrected chi connectivity index (χ1v) is 8.33. The monoisotopic (exact) mass is 348 g/mol. The quantitative estimate of drug-likeness (QED) is 0.802. The van der Waals surface area contributed by atoms with Crippen LogP contribution in [0.15, 0.2) is 29.8 Å². The predicted octanol–water partition coefficient (Wildman–Crippen LogP) is 2.65. The molecule has 128 valence electrons. The lowest BCUT2D eigenvalue weighted by Crippen LogP contribution is -2.30. The SMILES string of the molecule is COC(=O)N(C)CCCC(=O)N(C)c1nc(-c2ccccn2)cs1. The van der Waals surface area contributed by atoms with Crippen molar-refractivity contribution in [2.75, 3.05) is 32.6 Å². The molecule has 2 amide bonds. The van der Waals surface area contributed by atoms with E-state index in [9.17, 15) is 9.59 Å². The fourth-order valence-electron chi connectivity index (χ4n) is 2.04. The van der Waals surface area contributed by atoms with Gasteiger partial charge in [-0.05, 0) is 18.6 Å². The van der Waals surface area contributed by atoms with Gasteiger partial charge in [0.05, 0.1) is 12.8 Å². The van der Waals surface area contributed by atoms with Crippen LogP contribution in [0.3, 0.4) is 0 Å². The average Bonchev–Trinajstić information content (AvgIpc) is 3.10. The Morgan fingerprint density at radius 3 is 2.71 bits per heavy atom. The molecule has 0 bridgehead atoms. The van der Waals surface area contributed by atoms with E-state index in [2.05, 4.69) is 14.7 Å². The number of pyridine rings is 1. The molecule has 0 saturated carbocycles. The lowest BCUT2D eigenvalue weighted by atomic mass is 10.3. The number of carbonyl (C=O) groups is 2. The van der Waals surface area contributed by atoms with E-state index >= 15 is 0 Å². The summed E-state index contributed by atoms with van der Waals surface area (Å²) < 4.78 is 4.61. The normalized spacial score (nSPS) is 10.3. The molecule has 2 heterocycles. The maximum absolute atomic E-state index is 12.3. The first-order chi connectivity index (χ1) is 11.5. The number of aromatic nitrogens is 2. The Balaban J connectivity index is 1.89. The second kappa shape index (κ2) is 8.39. The third-order valence-electron chi connectivity index (χ3n) is 3.45. The van der Waals surface area contributed by atoms with Crippen LogP contribution >= 0.6 is 11.3 Å². The van der Waals surface area contributed by atoms with Crippen LogP contribution in [0.4, 0.5) is 9.93 Å². The van der Waals surface area contributed by atoms with E-state index in [1.807, 2.05) is 23.6 Å². The molecule has 2 rings (SSSR count). The molecule has 24 heavy (non-hydrogen) atoms. The zero-order chi connectivity index (χ0) is 17.5. The lowest BCUT2D eigenvalue weighted by molar-refractivity contribution is -0.118. The fraction of sp³-hybridized carbons (Fsp3) is 0.375. The number of amides is 2. The van der Waals surface area contributed by atoms with Gasteiger partial charge in [-0.2, -0.15) is 0 Å². The highest BCUT2D eigenvalue weighted by Crippen LogP contribution is 2.25. The summed E-state index contributed by atoms with van der Waals surface area (Å²) >= 11 is 1.40. The second-order valence-electron chi connectivity index (χ2n) is 5.18. The van der Waals surface area contributed by atoms with E-state index < -0.39 is 6.09 Å². The fourth-order valence-corrected chi connectivity index (χ4v) is 2.84. The van der Waals surface area contributed by atoms with Crippen molar-refractivity contribution in [2.45, 2.75) is 12.8 Å². The second-order valence-corrected chi connectivity index (χ2v) is 6.01. The highest BCUT2D eigenvalue weighted by molar-refractivity contribution is 7.14. The Morgan fingerprint density at radius 2 is 2.04 bits per heavy atom. The maximum atomic E-state index is 12.3. The van der Waals surface area contributed by atoms with Crippen molar-refractivity contribution in [3.05, 3.63) is 29.8 Å².